The molecule has 1 fully saturated rings. The summed E-state index contributed by atoms with van der Waals surface area (Å²) in [5, 5.41) is 0.722. The van der Waals surface area contributed by atoms with Crippen molar-refractivity contribution in [2.24, 2.45) is 5.92 Å². The summed E-state index contributed by atoms with van der Waals surface area (Å²) in [6.07, 6.45) is 0.0757. The number of amides is 2. The monoisotopic (exact) mass is 303 g/mol. The van der Waals surface area contributed by atoms with E-state index in [9.17, 15) is 9.59 Å². The van der Waals surface area contributed by atoms with E-state index in [0.29, 0.717) is 15.7 Å². The van der Waals surface area contributed by atoms with Crippen molar-refractivity contribution in [3.05, 3.63) is 28.2 Å². The lowest BCUT2D eigenvalue weighted by atomic mass is 10.1. The Bertz CT molecular complexity index is 500. The summed E-state index contributed by atoms with van der Waals surface area (Å²) in [6, 6.07) is 4.56. The van der Waals surface area contributed by atoms with Gasteiger partial charge in [0.1, 0.15) is 0 Å². The van der Waals surface area contributed by atoms with Crippen LogP contribution in [0.4, 0.5) is 5.69 Å². The number of hydrogen-bond donors (Lipinski definition) is 0. The minimum absolute atomic E-state index is 0.0336. The predicted octanol–water partition coefficient (Wildman–Crippen LogP) is 2.45. The van der Waals surface area contributed by atoms with Crippen molar-refractivity contribution in [3.8, 4) is 0 Å². The number of hydrogen-bond acceptors (Lipinski definition) is 4. The number of nitrogens with zero attached hydrogens (tertiary/aromatic N) is 1. The Balaban J connectivity index is 2.24. The van der Waals surface area contributed by atoms with Gasteiger partial charge in [-0.1, -0.05) is 23.2 Å². The van der Waals surface area contributed by atoms with Gasteiger partial charge in [-0.05, 0) is 18.2 Å². The lowest BCUT2D eigenvalue weighted by molar-refractivity contribution is -0.277. The first-order chi connectivity index (χ1) is 9.02. The Hall–Kier alpha value is -1.14. The molecule has 19 heavy (non-hydrogen) atoms. The van der Waals surface area contributed by atoms with Crippen molar-refractivity contribution >= 4 is 40.7 Å². The van der Waals surface area contributed by atoms with Gasteiger partial charge in [-0.25, -0.2) is 9.78 Å². The zero-order valence-corrected chi connectivity index (χ0v) is 11.6. The minimum Gasteiger partial charge on any atom is -0.274 e. The third-order valence-electron chi connectivity index (χ3n) is 2.73. The molecule has 0 radical (unpaired) electrons. The number of benzene rings is 1. The summed E-state index contributed by atoms with van der Waals surface area (Å²) in [4.78, 5) is 34.3. The third kappa shape index (κ3) is 3.06. The molecule has 1 aromatic rings. The van der Waals surface area contributed by atoms with Gasteiger partial charge >= 0.3 is 0 Å². The molecule has 1 saturated heterocycles. The number of rotatable bonds is 4. The molecule has 0 saturated carbocycles. The highest BCUT2D eigenvalue weighted by atomic mass is 35.5. The lowest BCUT2D eigenvalue weighted by Gasteiger charge is -2.15. The molecule has 0 spiro atoms. The van der Waals surface area contributed by atoms with E-state index in [2.05, 4.69) is 4.89 Å². The van der Waals surface area contributed by atoms with E-state index in [1.807, 2.05) is 0 Å². The Morgan fingerprint density at radius 1 is 1.26 bits per heavy atom. The molecule has 1 heterocycles. The van der Waals surface area contributed by atoms with Gasteiger partial charge in [0.2, 0.25) is 11.8 Å². The normalized spacial score (nSPS) is 19.3. The van der Waals surface area contributed by atoms with E-state index in [4.69, 9.17) is 28.1 Å². The van der Waals surface area contributed by atoms with E-state index in [1.54, 1.807) is 0 Å². The second-order valence-corrected chi connectivity index (χ2v) is 4.92. The van der Waals surface area contributed by atoms with Crippen LogP contribution < -0.4 is 4.90 Å². The van der Waals surface area contributed by atoms with Gasteiger partial charge in [0.05, 0.1) is 25.3 Å². The van der Waals surface area contributed by atoms with Gasteiger partial charge in [-0.2, -0.15) is 0 Å². The molecule has 2 rings (SSSR count). The van der Waals surface area contributed by atoms with E-state index in [1.165, 1.54) is 25.3 Å². The number of anilines is 1. The van der Waals surface area contributed by atoms with E-state index < -0.39 is 5.92 Å². The molecule has 2 amide bonds. The highest BCUT2D eigenvalue weighted by Crippen LogP contribution is 2.31. The number of imide groups is 1. The highest BCUT2D eigenvalue weighted by Gasteiger charge is 2.40. The van der Waals surface area contributed by atoms with Crippen LogP contribution in [0.2, 0.25) is 10.0 Å². The molecule has 1 aliphatic rings. The highest BCUT2D eigenvalue weighted by molar-refractivity contribution is 6.35. The van der Waals surface area contributed by atoms with Crippen LogP contribution in [0.25, 0.3) is 0 Å². The second-order valence-electron chi connectivity index (χ2n) is 4.05. The SMILES string of the molecule is COOCC1CC(=O)N(c2cc(Cl)cc(Cl)c2)C1=O. The average molecular weight is 304 g/mol. The fraction of sp³-hybridized carbons (Fsp3) is 0.333. The topological polar surface area (TPSA) is 55.8 Å². The molecular formula is C12H11Cl2NO4. The molecule has 0 aromatic heterocycles. The van der Waals surface area contributed by atoms with E-state index in [-0.39, 0.29) is 24.8 Å². The van der Waals surface area contributed by atoms with Crippen LogP contribution >= 0.6 is 23.2 Å². The molecular weight excluding hydrogens is 293 g/mol. The van der Waals surface area contributed by atoms with Gasteiger partial charge in [0.25, 0.3) is 0 Å². The molecule has 1 aliphatic heterocycles. The van der Waals surface area contributed by atoms with Crippen LogP contribution in [-0.4, -0.2) is 25.5 Å². The maximum Gasteiger partial charge on any atom is 0.239 e. The summed E-state index contributed by atoms with van der Waals surface area (Å²) in [5.74, 6) is -1.21. The molecule has 1 atom stereocenters. The second kappa shape index (κ2) is 5.88. The molecule has 0 bridgehead atoms. The van der Waals surface area contributed by atoms with Crippen molar-refractivity contribution in [2.75, 3.05) is 18.6 Å². The van der Waals surface area contributed by atoms with Crippen molar-refractivity contribution < 1.29 is 19.4 Å². The van der Waals surface area contributed by atoms with Gasteiger partial charge in [0.15, 0.2) is 0 Å². The van der Waals surface area contributed by atoms with Crippen LogP contribution in [0.5, 0.6) is 0 Å². The molecule has 102 valence electrons. The van der Waals surface area contributed by atoms with Crippen molar-refractivity contribution in [1.82, 2.24) is 0 Å². The van der Waals surface area contributed by atoms with Gasteiger partial charge < -0.3 is 0 Å². The summed E-state index contributed by atoms with van der Waals surface area (Å²) < 4.78 is 0. The molecule has 7 heteroatoms. The lowest BCUT2D eigenvalue weighted by Crippen LogP contribution is -2.31. The van der Waals surface area contributed by atoms with Crippen LogP contribution in [0.15, 0.2) is 18.2 Å². The van der Waals surface area contributed by atoms with Crippen molar-refractivity contribution in [1.29, 1.82) is 0 Å². The van der Waals surface area contributed by atoms with Crippen LogP contribution in [0.1, 0.15) is 6.42 Å². The van der Waals surface area contributed by atoms with Crippen LogP contribution in [0, 0.1) is 5.92 Å². The zero-order valence-electron chi connectivity index (χ0n) is 10.1. The molecule has 1 aromatic carbocycles. The standard InChI is InChI=1S/C12H11Cl2NO4/c1-18-19-6-7-2-11(16)15(12(7)17)10-4-8(13)3-9(14)5-10/h3-5,7H,2,6H2,1H3. The molecule has 1 unspecified atom stereocenters. The summed E-state index contributed by atoms with van der Waals surface area (Å²) in [7, 11) is 1.34. The van der Waals surface area contributed by atoms with Gasteiger partial charge in [0, 0.05) is 16.5 Å². The summed E-state index contributed by atoms with van der Waals surface area (Å²) in [5.41, 5.74) is 0.368. The van der Waals surface area contributed by atoms with Crippen LogP contribution in [0.3, 0.4) is 0 Å². The Morgan fingerprint density at radius 3 is 2.47 bits per heavy atom. The quantitative estimate of drug-likeness (QED) is 0.487. The smallest absolute Gasteiger partial charge is 0.239 e. The largest absolute Gasteiger partial charge is 0.274 e. The first-order valence-electron chi connectivity index (χ1n) is 5.51. The fourth-order valence-electron chi connectivity index (χ4n) is 1.91. The fourth-order valence-corrected chi connectivity index (χ4v) is 2.43. The average Bonchev–Trinajstić information content (AvgIpc) is 2.60. The summed E-state index contributed by atoms with van der Waals surface area (Å²) >= 11 is 11.7. The maximum absolute atomic E-state index is 12.1. The number of halogens is 2. The third-order valence-corrected chi connectivity index (χ3v) is 3.17. The zero-order chi connectivity index (χ0) is 14.0. The Labute approximate surface area is 119 Å². The summed E-state index contributed by atoms with van der Waals surface area (Å²) in [6.45, 7) is 0.0336. The van der Waals surface area contributed by atoms with Gasteiger partial charge in [-0.15, -0.1) is 0 Å². The van der Waals surface area contributed by atoms with Crippen LogP contribution in [-0.2, 0) is 19.4 Å². The Morgan fingerprint density at radius 2 is 1.89 bits per heavy atom. The molecule has 0 aliphatic carbocycles. The first-order valence-corrected chi connectivity index (χ1v) is 6.27. The van der Waals surface area contributed by atoms with E-state index >= 15 is 0 Å². The van der Waals surface area contributed by atoms with E-state index in [0.717, 1.165) is 4.90 Å². The number of carbonyl (C=O) groups excluding carboxylic acids is 2. The Kier molecular flexibility index (Phi) is 4.42. The first kappa shape index (κ1) is 14.3. The predicted molar refractivity (Wildman–Crippen MR) is 70.0 cm³/mol. The number of carbonyl (C=O) groups is 2. The maximum atomic E-state index is 12.1. The molecule has 5 nitrogen and oxygen atoms in total. The van der Waals surface area contributed by atoms with Crippen molar-refractivity contribution in [2.45, 2.75) is 6.42 Å². The minimum atomic E-state index is -0.551. The molecule has 0 N–H and O–H groups in total. The van der Waals surface area contributed by atoms with Gasteiger partial charge in [-0.3, -0.25) is 14.5 Å². The van der Waals surface area contributed by atoms with Crippen molar-refractivity contribution in [3.63, 3.8) is 0 Å².